The van der Waals surface area contributed by atoms with Gasteiger partial charge in [-0.15, -0.1) is 0 Å². The SMILES string of the molecule is CCCCCCC(C)OC(=O)c1ccc(CN)o1. The van der Waals surface area contributed by atoms with E-state index in [1.54, 1.807) is 12.1 Å². The maximum atomic E-state index is 11.7. The van der Waals surface area contributed by atoms with E-state index in [0.717, 1.165) is 12.8 Å². The Bertz CT molecular complexity index is 360. The van der Waals surface area contributed by atoms with Gasteiger partial charge >= 0.3 is 5.97 Å². The first-order chi connectivity index (χ1) is 8.67. The van der Waals surface area contributed by atoms with E-state index in [-0.39, 0.29) is 11.9 Å². The molecule has 0 amide bonds. The molecule has 0 radical (unpaired) electrons. The van der Waals surface area contributed by atoms with Crippen molar-refractivity contribution in [1.29, 1.82) is 0 Å². The number of rotatable bonds is 8. The molecule has 0 aromatic carbocycles. The lowest BCUT2D eigenvalue weighted by molar-refractivity contribution is 0.0282. The molecule has 1 rings (SSSR count). The van der Waals surface area contributed by atoms with E-state index in [2.05, 4.69) is 6.92 Å². The molecule has 0 fully saturated rings. The largest absolute Gasteiger partial charge is 0.457 e. The summed E-state index contributed by atoms with van der Waals surface area (Å²) in [6.07, 6.45) is 5.56. The summed E-state index contributed by atoms with van der Waals surface area (Å²) in [7, 11) is 0. The highest BCUT2D eigenvalue weighted by Gasteiger charge is 2.15. The van der Waals surface area contributed by atoms with Crippen molar-refractivity contribution in [1.82, 2.24) is 0 Å². The topological polar surface area (TPSA) is 65.5 Å². The molecule has 4 heteroatoms. The molecule has 0 spiro atoms. The smallest absolute Gasteiger partial charge is 0.374 e. The molecule has 1 atom stereocenters. The molecule has 4 nitrogen and oxygen atoms in total. The maximum Gasteiger partial charge on any atom is 0.374 e. The van der Waals surface area contributed by atoms with E-state index < -0.39 is 5.97 Å². The van der Waals surface area contributed by atoms with Crippen LogP contribution >= 0.6 is 0 Å². The third-order valence-electron chi connectivity index (χ3n) is 2.84. The minimum absolute atomic E-state index is 0.0687. The van der Waals surface area contributed by atoms with E-state index in [0.29, 0.717) is 12.3 Å². The van der Waals surface area contributed by atoms with Crippen LogP contribution in [0, 0.1) is 0 Å². The number of esters is 1. The third-order valence-corrected chi connectivity index (χ3v) is 2.84. The van der Waals surface area contributed by atoms with E-state index >= 15 is 0 Å². The number of unbranched alkanes of at least 4 members (excludes halogenated alkanes) is 3. The fourth-order valence-corrected chi connectivity index (χ4v) is 1.76. The lowest BCUT2D eigenvalue weighted by Gasteiger charge is -2.11. The van der Waals surface area contributed by atoms with Gasteiger partial charge in [-0.2, -0.15) is 0 Å². The molecule has 1 unspecified atom stereocenters. The zero-order valence-corrected chi connectivity index (χ0v) is 11.3. The summed E-state index contributed by atoms with van der Waals surface area (Å²) in [4.78, 5) is 11.7. The second kappa shape index (κ2) is 7.93. The second-order valence-corrected chi connectivity index (χ2v) is 4.54. The second-order valence-electron chi connectivity index (χ2n) is 4.54. The summed E-state index contributed by atoms with van der Waals surface area (Å²) in [5.41, 5.74) is 5.41. The zero-order chi connectivity index (χ0) is 13.4. The van der Waals surface area contributed by atoms with Gasteiger partial charge in [0.2, 0.25) is 5.76 Å². The van der Waals surface area contributed by atoms with Crippen LogP contribution in [0.1, 0.15) is 62.3 Å². The molecule has 1 heterocycles. The predicted octanol–water partition coefficient (Wildman–Crippen LogP) is 3.25. The van der Waals surface area contributed by atoms with Crippen LogP contribution in [0.15, 0.2) is 16.5 Å². The highest BCUT2D eigenvalue weighted by Crippen LogP contribution is 2.13. The molecule has 102 valence electrons. The Kier molecular flexibility index (Phi) is 6.50. The summed E-state index contributed by atoms with van der Waals surface area (Å²) < 4.78 is 10.5. The van der Waals surface area contributed by atoms with Gasteiger partial charge in [-0.3, -0.25) is 0 Å². The molecule has 0 saturated heterocycles. The van der Waals surface area contributed by atoms with Gasteiger partial charge in [0.05, 0.1) is 12.6 Å². The first-order valence-electron chi connectivity index (χ1n) is 6.67. The monoisotopic (exact) mass is 253 g/mol. The standard InChI is InChI=1S/C14H23NO3/c1-3-4-5-6-7-11(2)17-14(16)13-9-8-12(10-15)18-13/h8-9,11H,3-7,10,15H2,1-2H3. The molecule has 1 aromatic heterocycles. The number of ether oxygens (including phenoxy) is 1. The molecule has 0 saturated carbocycles. The summed E-state index contributed by atoms with van der Waals surface area (Å²) in [6, 6.07) is 3.30. The quantitative estimate of drug-likeness (QED) is 0.570. The van der Waals surface area contributed by atoms with E-state index in [9.17, 15) is 4.79 Å². The van der Waals surface area contributed by atoms with Crippen molar-refractivity contribution in [3.8, 4) is 0 Å². The van der Waals surface area contributed by atoms with Gasteiger partial charge in [0.1, 0.15) is 5.76 Å². The van der Waals surface area contributed by atoms with Crippen LogP contribution in [0.25, 0.3) is 0 Å². The molecular weight excluding hydrogens is 230 g/mol. The van der Waals surface area contributed by atoms with Crippen molar-refractivity contribution < 1.29 is 13.9 Å². The van der Waals surface area contributed by atoms with E-state index in [1.807, 2.05) is 6.92 Å². The average Bonchev–Trinajstić information content (AvgIpc) is 2.83. The first-order valence-corrected chi connectivity index (χ1v) is 6.67. The highest BCUT2D eigenvalue weighted by molar-refractivity contribution is 5.86. The summed E-state index contributed by atoms with van der Waals surface area (Å²) in [6.45, 7) is 4.38. The van der Waals surface area contributed by atoms with Gasteiger partial charge in [-0.05, 0) is 31.9 Å². The van der Waals surface area contributed by atoms with Crippen LogP contribution in [0.3, 0.4) is 0 Å². The first kappa shape index (κ1) is 14.8. The van der Waals surface area contributed by atoms with Crippen LogP contribution in [0.4, 0.5) is 0 Å². The van der Waals surface area contributed by atoms with Crippen LogP contribution in [0.5, 0.6) is 0 Å². The number of furan rings is 1. The minimum Gasteiger partial charge on any atom is -0.457 e. The Labute approximate surface area is 108 Å². The molecule has 1 aromatic rings. The molecule has 0 aliphatic heterocycles. The van der Waals surface area contributed by atoms with Gasteiger partial charge in [-0.25, -0.2) is 4.79 Å². The van der Waals surface area contributed by atoms with Crippen LogP contribution in [-0.2, 0) is 11.3 Å². The molecule has 2 N–H and O–H groups in total. The number of hydrogen-bond acceptors (Lipinski definition) is 4. The van der Waals surface area contributed by atoms with Gasteiger partial charge in [0.25, 0.3) is 0 Å². The molecule has 0 bridgehead atoms. The van der Waals surface area contributed by atoms with Crippen molar-refractivity contribution in [2.45, 2.75) is 58.6 Å². The van der Waals surface area contributed by atoms with E-state index in [1.165, 1.54) is 19.3 Å². The van der Waals surface area contributed by atoms with Crippen molar-refractivity contribution in [2.75, 3.05) is 0 Å². The summed E-state index contributed by atoms with van der Waals surface area (Å²) >= 11 is 0. The normalized spacial score (nSPS) is 12.4. The lowest BCUT2D eigenvalue weighted by atomic mass is 10.1. The number of hydrogen-bond donors (Lipinski definition) is 1. The fraction of sp³-hybridized carbons (Fsp3) is 0.643. The zero-order valence-electron chi connectivity index (χ0n) is 11.3. The van der Waals surface area contributed by atoms with Crippen LogP contribution in [0.2, 0.25) is 0 Å². The average molecular weight is 253 g/mol. The van der Waals surface area contributed by atoms with E-state index in [4.69, 9.17) is 14.9 Å². The Balaban J connectivity index is 2.30. The van der Waals surface area contributed by atoms with Crippen molar-refractivity contribution in [3.05, 3.63) is 23.7 Å². The number of carbonyl (C=O) groups is 1. The summed E-state index contributed by atoms with van der Waals surface area (Å²) in [5.74, 6) is 0.422. The Morgan fingerprint density at radius 1 is 1.39 bits per heavy atom. The third kappa shape index (κ3) is 4.92. The molecule has 0 aliphatic rings. The number of carbonyl (C=O) groups excluding carboxylic acids is 1. The Morgan fingerprint density at radius 2 is 2.17 bits per heavy atom. The predicted molar refractivity (Wildman–Crippen MR) is 70.2 cm³/mol. The van der Waals surface area contributed by atoms with Gasteiger partial charge < -0.3 is 14.9 Å². The van der Waals surface area contributed by atoms with Gasteiger partial charge in [0, 0.05) is 0 Å². The maximum absolute atomic E-state index is 11.7. The summed E-state index contributed by atoms with van der Waals surface area (Å²) in [5, 5.41) is 0. The Morgan fingerprint density at radius 3 is 2.78 bits per heavy atom. The van der Waals surface area contributed by atoms with Gasteiger partial charge in [-0.1, -0.05) is 26.2 Å². The molecule has 0 aliphatic carbocycles. The van der Waals surface area contributed by atoms with Crippen LogP contribution in [-0.4, -0.2) is 12.1 Å². The van der Waals surface area contributed by atoms with Crippen molar-refractivity contribution in [3.63, 3.8) is 0 Å². The number of nitrogens with two attached hydrogens (primary N) is 1. The van der Waals surface area contributed by atoms with Gasteiger partial charge in [0.15, 0.2) is 0 Å². The molecule has 18 heavy (non-hydrogen) atoms. The molecular formula is C14H23NO3. The highest BCUT2D eigenvalue weighted by atomic mass is 16.6. The fourth-order valence-electron chi connectivity index (χ4n) is 1.76. The lowest BCUT2D eigenvalue weighted by Crippen LogP contribution is -2.14. The van der Waals surface area contributed by atoms with Crippen molar-refractivity contribution >= 4 is 5.97 Å². The Hall–Kier alpha value is -1.29. The van der Waals surface area contributed by atoms with Crippen molar-refractivity contribution in [2.24, 2.45) is 5.73 Å². The minimum atomic E-state index is -0.405. The van der Waals surface area contributed by atoms with Crippen LogP contribution < -0.4 is 5.73 Å².